The maximum Gasteiger partial charge on any atom is 0.0378 e. The predicted molar refractivity (Wildman–Crippen MR) is 73.1 cm³/mol. The summed E-state index contributed by atoms with van der Waals surface area (Å²) < 4.78 is 0. The minimum Gasteiger partial charge on any atom is -0.398 e. The molecule has 2 heterocycles. The molecule has 3 N–H and O–H groups in total. The number of nitrogens with one attached hydrogen (secondary N) is 1. The average Bonchev–Trinajstić information content (AvgIpc) is 2.39. The number of likely N-dealkylation sites (N-methyl/N-ethyl adjacent to an activating group) is 1. The molecule has 0 aliphatic rings. The quantitative estimate of drug-likeness (QED) is 0.859. The van der Waals surface area contributed by atoms with Gasteiger partial charge in [0.25, 0.3) is 0 Å². The zero-order valence-electron chi connectivity index (χ0n) is 10.7. The highest BCUT2D eigenvalue weighted by Crippen LogP contribution is 2.22. The van der Waals surface area contributed by atoms with Crippen LogP contribution in [0.25, 0.3) is 0 Å². The Morgan fingerprint density at radius 1 is 1.22 bits per heavy atom. The van der Waals surface area contributed by atoms with Gasteiger partial charge in [0.1, 0.15) is 0 Å². The molecule has 0 radical (unpaired) electrons. The minimum atomic E-state index is 0.222. The van der Waals surface area contributed by atoms with Crippen molar-refractivity contribution in [3.63, 3.8) is 0 Å². The Balaban J connectivity index is 2.26. The van der Waals surface area contributed by atoms with E-state index in [9.17, 15) is 0 Å². The molecule has 2 aromatic rings. The van der Waals surface area contributed by atoms with Crippen LogP contribution in [0.5, 0.6) is 0 Å². The van der Waals surface area contributed by atoms with E-state index < -0.39 is 0 Å². The first-order valence-corrected chi connectivity index (χ1v) is 5.98. The predicted octanol–water partition coefficient (Wildman–Crippen LogP) is 1.87. The maximum atomic E-state index is 5.96. The molecule has 94 valence electrons. The van der Waals surface area contributed by atoms with Gasteiger partial charge in [-0.2, -0.15) is 0 Å². The summed E-state index contributed by atoms with van der Waals surface area (Å²) in [6.07, 6.45) is 8.06. The van der Waals surface area contributed by atoms with Crippen LogP contribution in [0, 0.1) is 6.92 Å². The van der Waals surface area contributed by atoms with E-state index in [4.69, 9.17) is 5.73 Å². The fourth-order valence-corrected chi connectivity index (χ4v) is 2.07. The standard InChI is InChI=1S/C14H18N4/c1-10-8-17-5-3-12(10)14(16-2)7-11-9-18-6-4-13(11)15/h3-6,8-9,14,16H,7H2,1-2H3,(H2,15,18). The van der Waals surface area contributed by atoms with Gasteiger partial charge in [0.05, 0.1) is 0 Å². The number of nitrogens with zero attached hydrogens (tertiary/aromatic N) is 2. The summed E-state index contributed by atoms with van der Waals surface area (Å²) in [5, 5.41) is 3.32. The number of pyridine rings is 2. The second-order valence-corrected chi connectivity index (χ2v) is 4.35. The van der Waals surface area contributed by atoms with Gasteiger partial charge in [-0.25, -0.2) is 0 Å². The summed E-state index contributed by atoms with van der Waals surface area (Å²) in [5.74, 6) is 0. The number of nitrogen functional groups attached to an aromatic ring is 1. The van der Waals surface area contributed by atoms with Gasteiger partial charge in [-0.05, 0) is 49.2 Å². The van der Waals surface area contributed by atoms with Crippen LogP contribution in [0.15, 0.2) is 36.9 Å². The van der Waals surface area contributed by atoms with Crippen LogP contribution < -0.4 is 11.1 Å². The van der Waals surface area contributed by atoms with Gasteiger partial charge in [0.2, 0.25) is 0 Å². The van der Waals surface area contributed by atoms with E-state index in [1.165, 1.54) is 11.1 Å². The van der Waals surface area contributed by atoms with Gasteiger partial charge in [-0.15, -0.1) is 0 Å². The third-order valence-corrected chi connectivity index (χ3v) is 3.15. The van der Waals surface area contributed by atoms with Crippen molar-refractivity contribution in [1.82, 2.24) is 15.3 Å². The smallest absolute Gasteiger partial charge is 0.0378 e. The Labute approximate surface area is 107 Å². The molecule has 0 saturated heterocycles. The van der Waals surface area contributed by atoms with E-state index in [1.54, 1.807) is 6.20 Å². The van der Waals surface area contributed by atoms with Crippen molar-refractivity contribution in [1.29, 1.82) is 0 Å². The number of hydrogen-bond acceptors (Lipinski definition) is 4. The molecular weight excluding hydrogens is 224 g/mol. The zero-order valence-corrected chi connectivity index (χ0v) is 10.7. The van der Waals surface area contributed by atoms with E-state index in [0.717, 1.165) is 17.7 Å². The first-order valence-electron chi connectivity index (χ1n) is 5.98. The highest BCUT2D eigenvalue weighted by molar-refractivity contribution is 5.45. The van der Waals surface area contributed by atoms with E-state index in [-0.39, 0.29) is 6.04 Å². The third kappa shape index (κ3) is 2.65. The number of aryl methyl sites for hydroxylation is 1. The topological polar surface area (TPSA) is 63.8 Å². The number of nitrogens with two attached hydrogens (primary N) is 1. The van der Waals surface area contributed by atoms with Crippen LogP contribution in [0.1, 0.15) is 22.7 Å². The molecule has 2 rings (SSSR count). The van der Waals surface area contributed by atoms with Gasteiger partial charge >= 0.3 is 0 Å². The summed E-state index contributed by atoms with van der Waals surface area (Å²) in [6, 6.07) is 4.10. The fourth-order valence-electron chi connectivity index (χ4n) is 2.07. The van der Waals surface area contributed by atoms with E-state index in [0.29, 0.717) is 0 Å². The Hall–Kier alpha value is -1.94. The zero-order chi connectivity index (χ0) is 13.0. The average molecular weight is 242 g/mol. The van der Waals surface area contributed by atoms with Crippen molar-refractivity contribution in [2.24, 2.45) is 0 Å². The second-order valence-electron chi connectivity index (χ2n) is 4.35. The van der Waals surface area contributed by atoms with Crippen molar-refractivity contribution in [2.45, 2.75) is 19.4 Å². The van der Waals surface area contributed by atoms with Crippen LogP contribution in [-0.4, -0.2) is 17.0 Å². The van der Waals surface area contributed by atoms with Gasteiger partial charge in [0.15, 0.2) is 0 Å². The summed E-state index contributed by atoms with van der Waals surface area (Å²) in [7, 11) is 1.96. The highest BCUT2D eigenvalue weighted by Gasteiger charge is 2.13. The monoisotopic (exact) mass is 242 g/mol. The molecule has 0 aliphatic heterocycles. The van der Waals surface area contributed by atoms with Crippen LogP contribution in [0.2, 0.25) is 0 Å². The Morgan fingerprint density at radius 2 is 1.94 bits per heavy atom. The Bertz CT molecular complexity index is 525. The lowest BCUT2D eigenvalue weighted by Crippen LogP contribution is -2.20. The molecule has 1 unspecified atom stereocenters. The normalized spacial score (nSPS) is 12.3. The first-order chi connectivity index (χ1) is 8.72. The van der Waals surface area contributed by atoms with Crippen molar-refractivity contribution in [3.8, 4) is 0 Å². The molecule has 0 saturated carbocycles. The Kier molecular flexibility index (Phi) is 3.89. The van der Waals surface area contributed by atoms with Crippen LogP contribution in [0.3, 0.4) is 0 Å². The van der Waals surface area contributed by atoms with Crippen LogP contribution in [-0.2, 0) is 6.42 Å². The lowest BCUT2D eigenvalue weighted by Gasteiger charge is -2.19. The molecule has 0 spiro atoms. The van der Waals surface area contributed by atoms with E-state index in [2.05, 4.69) is 22.2 Å². The molecule has 2 aromatic heterocycles. The SMILES string of the molecule is CNC(Cc1cnccc1N)c1ccncc1C. The fraction of sp³-hybridized carbons (Fsp3) is 0.286. The van der Waals surface area contributed by atoms with Gasteiger partial charge in [0, 0.05) is 36.5 Å². The van der Waals surface area contributed by atoms with Crippen LogP contribution in [0.4, 0.5) is 5.69 Å². The van der Waals surface area contributed by atoms with E-state index in [1.807, 2.05) is 37.8 Å². The summed E-state index contributed by atoms with van der Waals surface area (Å²) in [5.41, 5.74) is 10.2. The Morgan fingerprint density at radius 3 is 2.61 bits per heavy atom. The number of hydrogen-bond donors (Lipinski definition) is 2. The number of aromatic nitrogens is 2. The molecule has 0 aliphatic carbocycles. The molecule has 0 amide bonds. The second kappa shape index (κ2) is 5.60. The lowest BCUT2D eigenvalue weighted by atomic mass is 9.97. The molecule has 4 heteroatoms. The van der Waals surface area contributed by atoms with Crippen molar-refractivity contribution in [3.05, 3.63) is 53.6 Å². The molecule has 1 atom stereocenters. The molecule has 4 nitrogen and oxygen atoms in total. The number of anilines is 1. The molecule has 0 fully saturated rings. The van der Waals surface area contributed by atoms with Gasteiger partial charge < -0.3 is 11.1 Å². The van der Waals surface area contributed by atoms with Crippen molar-refractivity contribution >= 4 is 5.69 Å². The maximum absolute atomic E-state index is 5.96. The van der Waals surface area contributed by atoms with E-state index >= 15 is 0 Å². The van der Waals surface area contributed by atoms with Gasteiger partial charge in [-0.1, -0.05) is 0 Å². The summed E-state index contributed by atoms with van der Waals surface area (Å²) in [6.45, 7) is 2.07. The third-order valence-electron chi connectivity index (χ3n) is 3.15. The first kappa shape index (κ1) is 12.5. The largest absolute Gasteiger partial charge is 0.398 e. The summed E-state index contributed by atoms with van der Waals surface area (Å²) >= 11 is 0. The molecule has 18 heavy (non-hydrogen) atoms. The molecular formula is C14H18N4. The molecule has 0 aromatic carbocycles. The van der Waals surface area contributed by atoms with Crippen LogP contribution >= 0.6 is 0 Å². The minimum absolute atomic E-state index is 0.222. The van der Waals surface area contributed by atoms with Crippen molar-refractivity contribution in [2.75, 3.05) is 12.8 Å². The lowest BCUT2D eigenvalue weighted by molar-refractivity contribution is 0.588. The highest BCUT2D eigenvalue weighted by atomic mass is 14.9. The van der Waals surface area contributed by atoms with Gasteiger partial charge in [-0.3, -0.25) is 9.97 Å². The number of rotatable bonds is 4. The van der Waals surface area contributed by atoms with Crippen molar-refractivity contribution < 1.29 is 0 Å². The molecule has 0 bridgehead atoms. The summed E-state index contributed by atoms with van der Waals surface area (Å²) in [4.78, 5) is 8.25.